The van der Waals surface area contributed by atoms with Crippen LogP contribution in [0.4, 0.5) is 0 Å². The highest BCUT2D eigenvalue weighted by Gasteiger charge is 2.04. The number of thiocarbonyl (C=S) groups is 1. The first-order valence-corrected chi connectivity index (χ1v) is 6.53. The molecule has 90 valence electrons. The second-order valence-electron chi connectivity index (χ2n) is 3.76. The lowest BCUT2D eigenvalue weighted by Gasteiger charge is -2.16. The SMILES string of the molecule is COCC(C)NC(=S)NCc1cscc1C. The predicted octanol–water partition coefficient (Wildman–Crippen LogP) is 2.06. The van der Waals surface area contributed by atoms with Crippen molar-refractivity contribution in [2.75, 3.05) is 13.7 Å². The number of ether oxygens (including phenoxy) is 1. The summed E-state index contributed by atoms with van der Waals surface area (Å²) in [6, 6.07) is 0.230. The van der Waals surface area contributed by atoms with Crippen molar-refractivity contribution in [2.24, 2.45) is 0 Å². The van der Waals surface area contributed by atoms with Gasteiger partial charge in [0.1, 0.15) is 0 Å². The van der Waals surface area contributed by atoms with Gasteiger partial charge in [0, 0.05) is 19.7 Å². The fraction of sp³-hybridized carbons (Fsp3) is 0.545. The summed E-state index contributed by atoms with van der Waals surface area (Å²) in [4.78, 5) is 0. The van der Waals surface area contributed by atoms with E-state index in [0.29, 0.717) is 11.7 Å². The minimum absolute atomic E-state index is 0.230. The fourth-order valence-electron chi connectivity index (χ4n) is 1.31. The van der Waals surface area contributed by atoms with Gasteiger partial charge in [-0.05, 0) is 48.0 Å². The van der Waals surface area contributed by atoms with Crippen molar-refractivity contribution in [3.63, 3.8) is 0 Å². The van der Waals surface area contributed by atoms with Crippen LogP contribution in [0.5, 0.6) is 0 Å². The van der Waals surface area contributed by atoms with Crippen molar-refractivity contribution in [1.82, 2.24) is 10.6 Å². The molecule has 16 heavy (non-hydrogen) atoms. The summed E-state index contributed by atoms with van der Waals surface area (Å²) in [5.74, 6) is 0. The number of methoxy groups -OCH3 is 1. The average molecular weight is 258 g/mol. The summed E-state index contributed by atoms with van der Waals surface area (Å²) in [5, 5.41) is 11.3. The maximum Gasteiger partial charge on any atom is 0.166 e. The van der Waals surface area contributed by atoms with E-state index < -0.39 is 0 Å². The van der Waals surface area contributed by atoms with Gasteiger partial charge in [0.05, 0.1) is 6.61 Å². The molecule has 0 aliphatic carbocycles. The molecular weight excluding hydrogens is 240 g/mol. The second-order valence-corrected chi connectivity index (χ2v) is 4.92. The van der Waals surface area contributed by atoms with E-state index in [1.165, 1.54) is 11.1 Å². The van der Waals surface area contributed by atoms with Crippen LogP contribution in [0.3, 0.4) is 0 Å². The molecule has 1 atom stereocenters. The van der Waals surface area contributed by atoms with E-state index in [1.807, 2.05) is 6.92 Å². The molecule has 0 amide bonds. The van der Waals surface area contributed by atoms with Crippen LogP contribution in [-0.2, 0) is 11.3 Å². The standard InChI is InChI=1S/C11H18N2OS2/c1-8-6-16-7-10(8)4-12-11(15)13-9(2)5-14-3/h6-7,9H,4-5H2,1-3H3,(H2,12,13,15). The van der Waals surface area contributed by atoms with E-state index in [4.69, 9.17) is 17.0 Å². The third-order valence-electron chi connectivity index (χ3n) is 2.20. The van der Waals surface area contributed by atoms with Gasteiger partial charge in [0.15, 0.2) is 5.11 Å². The molecule has 0 spiro atoms. The van der Waals surface area contributed by atoms with Crippen molar-refractivity contribution in [3.05, 3.63) is 21.9 Å². The Labute approximate surface area is 106 Å². The molecule has 0 radical (unpaired) electrons. The van der Waals surface area contributed by atoms with Gasteiger partial charge in [0.25, 0.3) is 0 Å². The maximum absolute atomic E-state index is 5.19. The van der Waals surface area contributed by atoms with Crippen molar-refractivity contribution in [1.29, 1.82) is 0 Å². The normalized spacial score (nSPS) is 12.2. The first kappa shape index (κ1) is 13.4. The molecule has 1 aromatic rings. The quantitative estimate of drug-likeness (QED) is 0.792. The van der Waals surface area contributed by atoms with Crippen LogP contribution in [-0.4, -0.2) is 24.9 Å². The lowest BCUT2D eigenvalue weighted by Crippen LogP contribution is -2.42. The second kappa shape index (κ2) is 6.83. The molecule has 1 heterocycles. The zero-order valence-electron chi connectivity index (χ0n) is 9.87. The third kappa shape index (κ3) is 4.47. The number of rotatable bonds is 5. The molecule has 1 rings (SSSR count). The molecule has 5 heteroatoms. The maximum atomic E-state index is 5.19. The van der Waals surface area contributed by atoms with E-state index in [9.17, 15) is 0 Å². The molecule has 2 N–H and O–H groups in total. The summed E-state index contributed by atoms with van der Waals surface area (Å²) >= 11 is 6.90. The fourth-order valence-corrected chi connectivity index (χ4v) is 2.44. The monoisotopic (exact) mass is 258 g/mol. The highest BCUT2D eigenvalue weighted by Crippen LogP contribution is 2.12. The zero-order valence-corrected chi connectivity index (χ0v) is 11.5. The Bertz CT molecular complexity index is 338. The summed E-state index contributed by atoms with van der Waals surface area (Å²) in [6.45, 7) is 5.57. The van der Waals surface area contributed by atoms with Gasteiger partial charge in [-0.1, -0.05) is 0 Å². The predicted molar refractivity (Wildman–Crippen MR) is 73.0 cm³/mol. The highest BCUT2D eigenvalue weighted by atomic mass is 32.1. The molecule has 0 saturated heterocycles. The third-order valence-corrected chi connectivity index (χ3v) is 3.37. The Balaban J connectivity index is 2.28. The van der Waals surface area contributed by atoms with Gasteiger partial charge in [-0.25, -0.2) is 0 Å². The van der Waals surface area contributed by atoms with E-state index in [1.54, 1.807) is 18.4 Å². The summed E-state index contributed by atoms with van der Waals surface area (Å²) < 4.78 is 5.03. The molecule has 0 aromatic carbocycles. The molecular formula is C11H18N2OS2. The topological polar surface area (TPSA) is 33.3 Å². The summed E-state index contributed by atoms with van der Waals surface area (Å²) in [6.07, 6.45) is 0. The van der Waals surface area contributed by atoms with E-state index >= 15 is 0 Å². The Morgan fingerprint density at radius 3 is 2.88 bits per heavy atom. The molecule has 1 unspecified atom stereocenters. The van der Waals surface area contributed by atoms with Crippen LogP contribution in [0.15, 0.2) is 10.8 Å². The van der Waals surface area contributed by atoms with Crippen LogP contribution in [0.25, 0.3) is 0 Å². The van der Waals surface area contributed by atoms with Crippen LogP contribution in [0.2, 0.25) is 0 Å². The smallest absolute Gasteiger partial charge is 0.166 e. The number of hydrogen-bond acceptors (Lipinski definition) is 3. The number of thiophene rings is 1. The van der Waals surface area contributed by atoms with Crippen LogP contribution < -0.4 is 10.6 Å². The molecule has 0 aliphatic rings. The van der Waals surface area contributed by atoms with E-state index in [-0.39, 0.29) is 6.04 Å². The zero-order chi connectivity index (χ0) is 12.0. The van der Waals surface area contributed by atoms with Gasteiger partial charge in [-0.2, -0.15) is 11.3 Å². The van der Waals surface area contributed by atoms with Crippen molar-refractivity contribution < 1.29 is 4.74 Å². The van der Waals surface area contributed by atoms with E-state index in [2.05, 4.69) is 28.3 Å². The van der Waals surface area contributed by atoms with Crippen LogP contribution in [0, 0.1) is 6.92 Å². The average Bonchev–Trinajstić information content (AvgIpc) is 2.61. The minimum Gasteiger partial charge on any atom is -0.383 e. The first-order chi connectivity index (χ1) is 7.63. The molecule has 0 saturated carbocycles. The number of nitrogens with one attached hydrogen (secondary N) is 2. The molecule has 0 aliphatic heterocycles. The first-order valence-electron chi connectivity index (χ1n) is 5.18. The number of aryl methyl sites for hydroxylation is 1. The Kier molecular flexibility index (Phi) is 5.73. The van der Waals surface area contributed by atoms with Gasteiger partial charge >= 0.3 is 0 Å². The van der Waals surface area contributed by atoms with Crippen molar-refractivity contribution in [2.45, 2.75) is 26.4 Å². The molecule has 0 bridgehead atoms. The van der Waals surface area contributed by atoms with Crippen LogP contribution >= 0.6 is 23.6 Å². The van der Waals surface area contributed by atoms with Crippen molar-refractivity contribution >= 4 is 28.7 Å². The Morgan fingerprint density at radius 1 is 1.56 bits per heavy atom. The van der Waals surface area contributed by atoms with Gasteiger partial charge < -0.3 is 15.4 Å². The largest absolute Gasteiger partial charge is 0.383 e. The van der Waals surface area contributed by atoms with Crippen LogP contribution in [0.1, 0.15) is 18.1 Å². The highest BCUT2D eigenvalue weighted by molar-refractivity contribution is 7.80. The Morgan fingerprint density at radius 2 is 2.31 bits per heavy atom. The summed E-state index contributed by atoms with van der Waals surface area (Å²) in [5.41, 5.74) is 2.61. The molecule has 0 fully saturated rings. The van der Waals surface area contributed by atoms with E-state index in [0.717, 1.165) is 6.54 Å². The summed E-state index contributed by atoms with van der Waals surface area (Å²) in [7, 11) is 1.68. The minimum atomic E-state index is 0.230. The lowest BCUT2D eigenvalue weighted by molar-refractivity contribution is 0.179. The van der Waals surface area contributed by atoms with Crippen molar-refractivity contribution in [3.8, 4) is 0 Å². The number of hydrogen-bond donors (Lipinski definition) is 2. The van der Waals surface area contributed by atoms with Gasteiger partial charge in [0.2, 0.25) is 0 Å². The van der Waals surface area contributed by atoms with Gasteiger partial charge in [-0.15, -0.1) is 0 Å². The Hall–Kier alpha value is -0.650. The van der Waals surface area contributed by atoms with Gasteiger partial charge in [-0.3, -0.25) is 0 Å². The molecule has 1 aromatic heterocycles. The molecule has 3 nitrogen and oxygen atoms in total. The lowest BCUT2D eigenvalue weighted by atomic mass is 10.2.